The molecule has 7 nitrogen and oxygen atoms in total. The SMILES string of the molecule is COc1ccc2nccc(C(O)CC[C@@H]3CCN(C4CCN(c5ccccc5)C4)C[C@@H]3C(=O)O)c2c1. The van der Waals surface area contributed by atoms with Crippen LogP contribution < -0.4 is 9.64 Å². The van der Waals surface area contributed by atoms with Crippen LogP contribution in [0.1, 0.15) is 37.4 Å². The predicted octanol–water partition coefficient (Wildman–Crippen LogP) is 4.36. The number of aliphatic carboxylic acids is 1. The number of carboxylic acid groups (broad SMARTS) is 1. The van der Waals surface area contributed by atoms with E-state index >= 15 is 0 Å². The Morgan fingerprint density at radius 1 is 1.11 bits per heavy atom. The van der Waals surface area contributed by atoms with Crippen LogP contribution in [-0.2, 0) is 4.79 Å². The highest BCUT2D eigenvalue weighted by Crippen LogP contribution is 2.35. The number of aliphatic hydroxyl groups is 1. The number of nitrogens with zero attached hydrogens (tertiary/aromatic N) is 3. The molecule has 2 aliphatic heterocycles. The van der Waals surface area contributed by atoms with Crippen LogP contribution in [0.15, 0.2) is 60.8 Å². The van der Waals surface area contributed by atoms with Gasteiger partial charge in [0.2, 0.25) is 0 Å². The molecule has 3 heterocycles. The van der Waals surface area contributed by atoms with Gasteiger partial charge in [0.05, 0.1) is 24.6 Å². The smallest absolute Gasteiger partial charge is 0.308 e. The molecule has 0 radical (unpaired) electrons. The van der Waals surface area contributed by atoms with Gasteiger partial charge in [-0.25, -0.2) is 0 Å². The average molecular weight is 490 g/mol. The van der Waals surface area contributed by atoms with E-state index < -0.39 is 18.0 Å². The Hall–Kier alpha value is -3.16. The molecule has 5 rings (SSSR count). The van der Waals surface area contributed by atoms with Crippen LogP contribution in [0.2, 0.25) is 0 Å². The number of para-hydroxylation sites is 1. The molecule has 0 spiro atoms. The van der Waals surface area contributed by atoms with Crippen molar-refractivity contribution in [1.82, 2.24) is 9.88 Å². The van der Waals surface area contributed by atoms with E-state index in [2.05, 4.69) is 39.0 Å². The summed E-state index contributed by atoms with van der Waals surface area (Å²) in [6.45, 7) is 3.44. The molecule has 0 amide bonds. The lowest BCUT2D eigenvalue weighted by Gasteiger charge is -2.40. The minimum absolute atomic E-state index is 0.0580. The fraction of sp³-hybridized carbons (Fsp3) is 0.448. The fourth-order valence-electron chi connectivity index (χ4n) is 5.99. The zero-order chi connectivity index (χ0) is 25.1. The summed E-state index contributed by atoms with van der Waals surface area (Å²) in [4.78, 5) is 21.4. The van der Waals surface area contributed by atoms with Gasteiger partial charge in [0.25, 0.3) is 0 Å². The summed E-state index contributed by atoms with van der Waals surface area (Å²) in [6.07, 6.45) is 4.15. The Morgan fingerprint density at radius 3 is 2.72 bits per heavy atom. The molecule has 2 fully saturated rings. The molecule has 4 atom stereocenters. The lowest BCUT2D eigenvalue weighted by atomic mass is 9.80. The number of hydrogen-bond acceptors (Lipinski definition) is 6. The van der Waals surface area contributed by atoms with Gasteiger partial charge in [-0.15, -0.1) is 0 Å². The number of fused-ring (bicyclic) bond motifs is 1. The van der Waals surface area contributed by atoms with Crippen LogP contribution in [-0.4, -0.2) is 65.4 Å². The molecule has 2 aliphatic rings. The highest BCUT2D eigenvalue weighted by Gasteiger charge is 2.38. The van der Waals surface area contributed by atoms with Crippen LogP contribution in [0.4, 0.5) is 5.69 Å². The van der Waals surface area contributed by atoms with Crippen molar-refractivity contribution in [3.63, 3.8) is 0 Å². The lowest BCUT2D eigenvalue weighted by Crippen LogP contribution is -2.49. The Kier molecular flexibility index (Phi) is 7.39. The summed E-state index contributed by atoms with van der Waals surface area (Å²) < 4.78 is 5.35. The summed E-state index contributed by atoms with van der Waals surface area (Å²) in [5.41, 5.74) is 2.86. The van der Waals surface area contributed by atoms with Gasteiger partial charge in [0.1, 0.15) is 5.75 Å². The van der Waals surface area contributed by atoms with Gasteiger partial charge < -0.3 is 19.8 Å². The first kappa shape index (κ1) is 24.5. The normalized spacial score (nSPS) is 23.6. The first-order valence-electron chi connectivity index (χ1n) is 12.9. The molecule has 2 aromatic carbocycles. The van der Waals surface area contributed by atoms with E-state index in [-0.39, 0.29) is 5.92 Å². The largest absolute Gasteiger partial charge is 0.497 e. The van der Waals surface area contributed by atoms with Gasteiger partial charge in [-0.3, -0.25) is 14.7 Å². The molecule has 7 heteroatoms. The van der Waals surface area contributed by atoms with Gasteiger partial charge in [-0.2, -0.15) is 0 Å². The van der Waals surface area contributed by atoms with Crippen LogP contribution in [0.5, 0.6) is 5.75 Å². The zero-order valence-corrected chi connectivity index (χ0v) is 20.8. The van der Waals surface area contributed by atoms with Gasteiger partial charge >= 0.3 is 5.97 Å². The second kappa shape index (κ2) is 10.8. The highest BCUT2D eigenvalue weighted by molar-refractivity contribution is 5.83. The molecule has 1 aromatic heterocycles. The number of methoxy groups -OCH3 is 1. The summed E-state index contributed by atoms with van der Waals surface area (Å²) in [6, 6.07) is 18.3. The fourth-order valence-corrected chi connectivity index (χ4v) is 5.99. The number of likely N-dealkylation sites (tertiary alicyclic amines) is 1. The van der Waals surface area contributed by atoms with Gasteiger partial charge in [0.15, 0.2) is 0 Å². The quantitative estimate of drug-likeness (QED) is 0.486. The summed E-state index contributed by atoms with van der Waals surface area (Å²) >= 11 is 0. The van der Waals surface area contributed by atoms with Crippen LogP contribution in [0.3, 0.4) is 0 Å². The van der Waals surface area contributed by atoms with E-state index in [9.17, 15) is 15.0 Å². The maximum absolute atomic E-state index is 12.2. The molecule has 2 N–H and O–H groups in total. The van der Waals surface area contributed by atoms with Crippen molar-refractivity contribution in [3.05, 3.63) is 66.4 Å². The minimum Gasteiger partial charge on any atom is -0.497 e. The number of carboxylic acids is 1. The van der Waals surface area contributed by atoms with Crippen LogP contribution in [0, 0.1) is 11.8 Å². The zero-order valence-electron chi connectivity index (χ0n) is 20.8. The van der Waals surface area contributed by atoms with Crippen LogP contribution in [0.25, 0.3) is 10.9 Å². The Balaban J connectivity index is 1.21. The predicted molar refractivity (Wildman–Crippen MR) is 140 cm³/mol. The Bertz CT molecular complexity index is 1190. The number of aliphatic hydroxyl groups excluding tert-OH is 1. The van der Waals surface area contributed by atoms with E-state index in [0.29, 0.717) is 25.4 Å². The monoisotopic (exact) mass is 489 g/mol. The van der Waals surface area contributed by atoms with E-state index in [0.717, 1.165) is 54.7 Å². The number of ether oxygens (including phenoxy) is 1. The number of anilines is 1. The van der Waals surface area contributed by atoms with Crippen molar-refractivity contribution >= 4 is 22.6 Å². The molecule has 36 heavy (non-hydrogen) atoms. The maximum Gasteiger partial charge on any atom is 0.308 e. The van der Waals surface area contributed by atoms with Gasteiger partial charge in [-0.05, 0) is 80.1 Å². The van der Waals surface area contributed by atoms with E-state index in [1.54, 1.807) is 13.3 Å². The molecule has 2 saturated heterocycles. The number of aromatic nitrogens is 1. The lowest BCUT2D eigenvalue weighted by molar-refractivity contribution is -0.146. The number of rotatable bonds is 8. The first-order valence-corrected chi connectivity index (χ1v) is 12.9. The summed E-state index contributed by atoms with van der Waals surface area (Å²) in [7, 11) is 1.62. The standard InChI is InChI=1S/C29H35N3O4/c1-36-23-8-9-27-25(17-23)24(11-14-30-27)28(33)10-7-20-12-15-32(19-26(20)29(34)35)22-13-16-31(18-22)21-5-3-2-4-6-21/h2-6,8-9,11,14,17,20,22,26,28,33H,7,10,12-13,15-16,18-19H2,1H3,(H,34,35)/t20-,22?,26+,28?/m1/s1. The van der Waals surface area contributed by atoms with Gasteiger partial charge in [-0.1, -0.05) is 18.2 Å². The topological polar surface area (TPSA) is 86.1 Å². The van der Waals surface area contributed by atoms with E-state index in [4.69, 9.17) is 4.74 Å². The molecule has 0 bridgehead atoms. The third-order valence-corrected chi connectivity index (χ3v) is 8.06. The highest BCUT2D eigenvalue weighted by atomic mass is 16.5. The average Bonchev–Trinajstić information content (AvgIpc) is 3.42. The van der Waals surface area contributed by atoms with Crippen LogP contribution >= 0.6 is 0 Å². The number of hydrogen-bond donors (Lipinski definition) is 2. The summed E-state index contributed by atoms with van der Waals surface area (Å²) in [5.74, 6) is -0.357. The van der Waals surface area contributed by atoms with E-state index in [1.807, 2.05) is 30.3 Å². The molecule has 0 saturated carbocycles. The number of piperidine rings is 1. The van der Waals surface area contributed by atoms with Crippen molar-refractivity contribution in [2.24, 2.45) is 11.8 Å². The summed E-state index contributed by atoms with van der Waals surface area (Å²) in [5, 5.41) is 22.0. The minimum atomic E-state index is -0.726. The third-order valence-electron chi connectivity index (χ3n) is 8.06. The molecular formula is C29H35N3O4. The number of carbonyl (C=O) groups is 1. The number of benzene rings is 2. The van der Waals surface area contributed by atoms with Crippen molar-refractivity contribution < 1.29 is 19.7 Å². The van der Waals surface area contributed by atoms with E-state index in [1.165, 1.54) is 5.69 Å². The first-order chi connectivity index (χ1) is 17.5. The Labute approximate surface area is 212 Å². The molecular weight excluding hydrogens is 454 g/mol. The molecule has 3 aromatic rings. The van der Waals surface area contributed by atoms with Crippen molar-refractivity contribution in [3.8, 4) is 5.75 Å². The second-order valence-electron chi connectivity index (χ2n) is 10.1. The second-order valence-corrected chi connectivity index (χ2v) is 10.1. The van der Waals surface area contributed by atoms with Crippen molar-refractivity contribution in [2.45, 2.75) is 37.8 Å². The molecule has 0 aliphatic carbocycles. The third kappa shape index (κ3) is 5.18. The number of pyridine rings is 1. The molecule has 2 unspecified atom stereocenters. The Morgan fingerprint density at radius 2 is 1.94 bits per heavy atom. The van der Waals surface area contributed by atoms with Crippen molar-refractivity contribution in [2.75, 3.05) is 38.2 Å². The van der Waals surface area contributed by atoms with Crippen molar-refractivity contribution in [1.29, 1.82) is 0 Å². The molecule has 190 valence electrons. The maximum atomic E-state index is 12.2. The van der Waals surface area contributed by atoms with Gasteiger partial charge in [0, 0.05) is 42.9 Å².